The summed E-state index contributed by atoms with van der Waals surface area (Å²) in [5.41, 5.74) is -2.24. The van der Waals surface area contributed by atoms with E-state index in [2.05, 4.69) is 0 Å². The van der Waals surface area contributed by atoms with Gasteiger partial charge in [0, 0.05) is 24.3 Å². The summed E-state index contributed by atoms with van der Waals surface area (Å²) in [7, 11) is 0. The highest BCUT2D eigenvalue weighted by molar-refractivity contribution is 5.61. The van der Waals surface area contributed by atoms with Crippen LogP contribution in [0, 0.1) is 0 Å². The van der Waals surface area contributed by atoms with Crippen LogP contribution in [-0.2, 0) is 12.1 Å². The number of rotatable bonds is 15. The summed E-state index contributed by atoms with van der Waals surface area (Å²) in [5, 5.41) is 0. The summed E-state index contributed by atoms with van der Waals surface area (Å²) in [4.78, 5) is 0. The third kappa shape index (κ3) is 7.81. The Morgan fingerprint density at radius 2 is 0.359 bits per heavy atom. The standard InChI is InChI=1S/C26H8F34N2.2BrH/c27-11(28,15(35,36)19(43,44)23(51,52)53)13(31,32)17(39,40)21(47,48)25(57,58)61-5-1-9(2-6-61)10-3-7-62(8-4-10)26(59,60)22(49,50)18(41,42)14(33,34)12(29,30)16(37,38)20(45,46)24(54,55)56;;/h1-8H;2*1H/q+2;;/p-2. The highest BCUT2D eigenvalue weighted by atomic mass is 79.9. The Kier molecular flexibility index (Phi) is 15.5. The van der Waals surface area contributed by atoms with E-state index >= 15 is 0 Å². The summed E-state index contributed by atoms with van der Waals surface area (Å²) in [6.45, 7) is 0. The first-order chi connectivity index (χ1) is 26.7. The number of nitrogens with zero attached hydrogens (tertiary/aromatic N) is 2. The van der Waals surface area contributed by atoms with Crippen molar-refractivity contribution in [3.8, 4) is 11.1 Å². The van der Waals surface area contributed by atoms with E-state index in [9.17, 15) is 149 Å². The van der Waals surface area contributed by atoms with Crippen molar-refractivity contribution in [1.29, 1.82) is 0 Å². The average Bonchev–Trinajstić information content (AvgIpc) is 3.09. The number of halogens is 36. The highest BCUT2D eigenvalue weighted by Gasteiger charge is 2.98. The summed E-state index contributed by atoms with van der Waals surface area (Å²) >= 11 is 0. The molecule has 0 aliphatic carbocycles. The number of aromatic nitrogens is 2. The Bertz CT molecular complexity index is 1790. The molecule has 374 valence electrons. The molecule has 0 saturated carbocycles. The quantitative estimate of drug-likeness (QED) is 0.158. The number of alkyl halides is 34. The first kappa shape index (κ1) is 60.9. The molecule has 0 spiro atoms. The normalized spacial score (nSPS) is 15.7. The van der Waals surface area contributed by atoms with Crippen LogP contribution in [0.25, 0.3) is 11.1 Å². The van der Waals surface area contributed by atoms with Crippen molar-refractivity contribution in [1.82, 2.24) is 0 Å². The molecule has 2 nitrogen and oxygen atoms in total. The second-order valence-corrected chi connectivity index (χ2v) is 12.0. The molecular formula is C26H8Br2F34N2. The fraction of sp³-hybridized carbons (Fsp3) is 0.615. The smallest absolute Gasteiger partial charge is 0.534 e. The molecule has 0 aliphatic heterocycles. The molecule has 64 heavy (non-hydrogen) atoms. The van der Waals surface area contributed by atoms with Crippen molar-refractivity contribution >= 4 is 0 Å². The van der Waals surface area contributed by atoms with Gasteiger partial charge in [0.1, 0.15) is 0 Å². The molecule has 0 radical (unpaired) electrons. The second-order valence-electron chi connectivity index (χ2n) is 12.0. The lowest BCUT2D eigenvalue weighted by atomic mass is 9.90. The number of hydrogen-bond acceptors (Lipinski definition) is 0. The summed E-state index contributed by atoms with van der Waals surface area (Å²) in [5.74, 6) is -105. The topological polar surface area (TPSA) is 7.76 Å². The molecule has 0 aromatic carbocycles. The molecule has 0 amide bonds. The molecule has 0 saturated heterocycles. The monoisotopic (exact) mass is 1150 g/mol. The maximum Gasteiger partial charge on any atom is 0.534 e. The van der Waals surface area contributed by atoms with Crippen LogP contribution in [0.3, 0.4) is 0 Å². The molecule has 0 fully saturated rings. The second kappa shape index (κ2) is 16.3. The predicted octanol–water partition coefficient (Wildman–Crippen LogP) is 5.78. The zero-order valence-electron chi connectivity index (χ0n) is 28.1. The van der Waals surface area contributed by atoms with Crippen molar-refractivity contribution in [2.24, 2.45) is 0 Å². The average molecular weight is 1150 g/mol. The maximum absolute atomic E-state index is 14.5. The first-order valence-corrected chi connectivity index (χ1v) is 14.1. The van der Waals surface area contributed by atoms with Gasteiger partial charge in [0.2, 0.25) is 0 Å². The Hall–Kier alpha value is -3.12. The van der Waals surface area contributed by atoms with Gasteiger partial charge in [0.25, 0.3) is 0 Å². The zero-order chi connectivity index (χ0) is 50.0. The molecular weight excluding hydrogens is 1150 g/mol. The van der Waals surface area contributed by atoms with E-state index in [4.69, 9.17) is 0 Å². The van der Waals surface area contributed by atoms with Crippen molar-refractivity contribution in [2.45, 2.75) is 95.5 Å². The van der Waals surface area contributed by atoms with Gasteiger partial charge in [-0.2, -0.15) is 132 Å². The lowest BCUT2D eigenvalue weighted by molar-refractivity contribution is -0.850. The van der Waals surface area contributed by atoms with Gasteiger partial charge in [-0.25, -0.2) is 0 Å². The molecule has 2 heterocycles. The molecule has 2 aromatic heterocycles. The minimum atomic E-state index is -8.99. The van der Waals surface area contributed by atoms with Crippen molar-refractivity contribution in [2.75, 3.05) is 0 Å². The Morgan fingerprint density at radius 1 is 0.219 bits per heavy atom. The molecule has 0 atom stereocenters. The van der Waals surface area contributed by atoms with E-state index < -0.39 is 141 Å². The van der Waals surface area contributed by atoms with Gasteiger partial charge in [-0.1, -0.05) is 0 Å². The van der Waals surface area contributed by atoms with E-state index in [0.29, 0.717) is 0 Å². The van der Waals surface area contributed by atoms with Crippen LogP contribution in [0.4, 0.5) is 149 Å². The maximum atomic E-state index is 14.5. The van der Waals surface area contributed by atoms with Crippen LogP contribution in [0.5, 0.6) is 0 Å². The van der Waals surface area contributed by atoms with Gasteiger partial charge < -0.3 is 34.0 Å². The molecule has 2 aromatic rings. The molecule has 0 N–H and O–H groups in total. The molecule has 2 rings (SSSR count). The minimum Gasteiger partial charge on any atom is -1.00 e. The van der Waals surface area contributed by atoms with Gasteiger partial charge in [-0.05, 0) is 11.1 Å². The fourth-order valence-corrected chi connectivity index (χ4v) is 4.25. The molecule has 0 aliphatic rings. The Balaban J connectivity index is 0.0000198. The zero-order valence-corrected chi connectivity index (χ0v) is 31.3. The van der Waals surface area contributed by atoms with Crippen LogP contribution >= 0.6 is 0 Å². The van der Waals surface area contributed by atoms with Gasteiger partial charge >= 0.3 is 95.5 Å². The Morgan fingerprint density at radius 3 is 0.516 bits per heavy atom. The molecule has 0 bridgehead atoms. The van der Waals surface area contributed by atoms with Crippen molar-refractivity contribution in [3.05, 3.63) is 49.1 Å². The van der Waals surface area contributed by atoms with Crippen LogP contribution in [0.15, 0.2) is 49.1 Å². The van der Waals surface area contributed by atoms with E-state index in [1.807, 2.05) is 0 Å². The van der Waals surface area contributed by atoms with Crippen molar-refractivity contribution in [3.63, 3.8) is 0 Å². The number of pyridine rings is 2. The third-order valence-electron chi connectivity index (χ3n) is 8.05. The predicted molar refractivity (Wildman–Crippen MR) is 124 cm³/mol. The number of hydrogen-bond donors (Lipinski definition) is 0. The van der Waals surface area contributed by atoms with E-state index in [1.165, 1.54) is 0 Å². The van der Waals surface area contributed by atoms with Crippen LogP contribution in [0.2, 0.25) is 0 Å². The molecule has 0 unspecified atom stereocenters. The third-order valence-corrected chi connectivity index (χ3v) is 8.05. The molecule has 38 heteroatoms. The van der Waals surface area contributed by atoms with Crippen LogP contribution in [0.1, 0.15) is 0 Å². The highest BCUT2D eigenvalue weighted by Crippen LogP contribution is 2.66. The SMILES string of the molecule is FC(F)(F)C(F)(F)C(F)(F)C(F)(F)C(F)(F)C(F)(F)C(F)(F)C(F)(F)[n+]1ccc(-c2cc[n+](C(F)(F)C(F)(F)C(F)(F)C(F)(F)C(F)(F)C(F)(F)C(F)(F)C(F)(F)F)cc2)cc1.[Br-].[Br-]. The summed E-state index contributed by atoms with van der Waals surface area (Å²) < 4.78 is 457. The first-order valence-electron chi connectivity index (χ1n) is 14.1. The van der Waals surface area contributed by atoms with E-state index in [1.54, 1.807) is 0 Å². The Labute approximate surface area is 348 Å². The summed E-state index contributed by atoms with van der Waals surface area (Å²) in [6.07, 6.45) is -19.2. The lowest BCUT2D eigenvalue weighted by Crippen LogP contribution is -3.00. The van der Waals surface area contributed by atoms with Crippen LogP contribution < -0.4 is 43.1 Å². The summed E-state index contributed by atoms with van der Waals surface area (Å²) in [6, 6.07) is -15.5. The van der Waals surface area contributed by atoms with Gasteiger partial charge in [-0.15, -0.1) is 26.7 Å². The van der Waals surface area contributed by atoms with Crippen LogP contribution in [-0.4, -0.2) is 83.4 Å². The fourth-order valence-electron chi connectivity index (χ4n) is 4.25. The van der Waals surface area contributed by atoms with E-state index in [-0.39, 0.29) is 58.2 Å². The van der Waals surface area contributed by atoms with E-state index in [0.717, 1.165) is 0 Å². The van der Waals surface area contributed by atoms with Gasteiger partial charge in [0.15, 0.2) is 24.8 Å². The lowest BCUT2D eigenvalue weighted by Gasteiger charge is -2.41. The van der Waals surface area contributed by atoms with Crippen molar-refractivity contribution < 1.29 is 192 Å². The largest absolute Gasteiger partial charge is 1.00 e. The van der Waals surface area contributed by atoms with Gasteiger partial charge in [0.05, 0.1) is 0 Å². The van der Waals surface area contributed by atoms with Gasteiger partial charge in [-0.3, -0.25) is 0 Å². The minimum absolute atomic E-state index is 0.